The average molecular weight is 929 g/mol. The SMILES string of the molecule is c1ccc(-c2ccc(N(c3ccc(-c4ccc5c(c4)c4cc(-c6ccc7ccccc7c6)ccc4n5-c4ccc5c6ccccc6c6ccccc6c5c4)cc3)c3cccc4c3oc3ccccc34)cc2)cc1. The first-order valence-corrected chi connectivity index (χ1v) is 25.1. The monoisotopic (exact) mass is 928 g/mol. The largest absolute Gasteiger partial charge is 0.454 e. The lowest BCUT2D eigenvalue weighted by Gasteiger charge is -2.26. The highest BCUT2D eigenvalue weighted by Crippen LogP contribution is 2.45. The summed E-state index contributed by atoms with van der Waals surface area (Å²) in [7, 11) is 0. The van der Waals surface area contributed by atoms with E-state index in [1.54, 1.807) is 0 Å². The maximum atomic E-state index is 6.67. The predicted molar refractivity (Wildman–Crippen MR) is 309 cm³/mol. The minimum absolute atomic E-state index is 0.859. The average Bonchev–Trinajstić information content (AvgIpc) is 4.01. The summed E-state index contributed by atoms with van der Waals surface area (Å²) in [4.78, 5) is 2.32. The third-order valence-electron chi connectivity index (χ3n) is 15.1. The molecule has 15 rings (SSSR count). The molecule has 2 aromatic heterocycles. The first-order chi connectivity index (χ1) is 36.2. The van der Waals surface area contributed by atoms with Crippen molar-refractivity contribution in [2.24, 2.45) is 0 Å². The standard InChI is InChI=1S/C70H44N2O/c1-2-13-45(14-3-1)47-27-33-53(34-28-47)71(68-23-12-22-62-61-21-10-11-24-69(61)73-70(62)68)54-35-29-48(30-36-54)51-31-39-66-64(42-51)65-43-52(50-26-25-46-15-4-5-16-49(46)41-50)32-40-67(65)72(66)55-37-38-60-58-19-7-6-17-56(58)57-18-8-9-20-59(57)63(60)44-55/h1-44H. The Morgan fingerprint density at radius 3 is 1.42 bits per heavy atom. The van der Waals surface area contributed by atoms with Crippen molar-refractivity contribution < 1.29 is 4.42 Å². The number of fused-ring (bicyclic) bond motifs is 13. The molecule has 0 aliphatic carbocycles. The molecule has 0 aliphatic rings. The molecule has 0 unspecified atom stereocenters. The van der Waals surface area contributed by atoms with Gasteiger partial charge in [-0.15, -0.1) is 0 Å². The van der Waals surface area contributed by atoms with Gasteiger partial charge in [0.2, 0.25) is 0 Å². The van der Waals surface area contributed by atoms with Crippen LogP contribution in [-0.2, 0) is 0 Å². The summed E-state index contributed by atoms with van der Waals surface area (Å²) in [6.45, 7) is 0. The Bertz CT molecular complexity index is 4620. The van der Waals surface area contributed by atoms with Gasteiger partial charge in [0.1, 0.15) is 5.58 Å². The molecule has 3 nitrogen and oxygen atoms in total. The minimum Gasteiger partial charge on any atom is -0.454 e. The molecule has 3 heteroatoms. The van der Waals surface area contributed by atoms with Gasteiger partial charge in [0, 0.05) is 38.6 Å². The molecule has 0 amide bonds. The Morgan fingerprint density at radius 2 is 0.753 bits per heavy atom. The lowest BCUT2D eigenvalue weighted by Crippen LogP contribution is -2.10. The second kappa shape index (κ2) is 16.4. The van der Waals surface area contributed by atoms with E-state index < -0.39 is 0 Å². The van der Waals surface area contributed by atoms with Gasteiger partial charge < -0.3 is 13.9 Å². The van der Waals surface area contributed by atoms with E-state index in [4.69, 9.17) is 4.42 Å². The van der Waals surface area contributed by atoms with Crippen LogP contribution in [0, 0.1) is 0 Å². The zero-order chi connectivity index (χ0) is 48.0. The molecule has 340 valence electrons. The third-order valence-corrected chi connectivity index (χ3v) is 15.1. The molecule has 0 N–H and O–H groups in total. The summed E-state index contributed by atoms with van der Waals surface area (Å²) in [6.07, 6.45) is 0. The van der Waals surface area contributed by atoms with Gasteiger partial charge in [-0.05, 0) is 155 Å². The number of hydrogen-bond acceptors (Lipinski definition) is 2. The van der Waals surface area contributed by atoms with Crippen molar-refractivity contribution in [2.75, 3.05) is 4.90 Å². The molecule has 73 heavy (non-hydrogen) atoms. The normalized spacial score (nSPS) is 11.8. The molecule has 0 bridgehead atoms. The van der Waals surface area contributed by atoms with Crippen LogP contribution in [0.3, 0.4) is 0 Å². The molecule has 0 radical (unpaired) electrons. The van der Waals surface area contributed by atoms with Crippen LogP contribution in [0.2, 0.25) is 0 Å². The van der Waals surface area contributed by atoms with Crippen LogP contribution in [0.25, 0.3) is 126 Å². The topological polar surface area (TPSA) is 21.3 Å². The van der Waals surface area contributed by atoms with E-state index in [1.807, 2.05) is 6.07 Å². The summed E-state index contributed by atoms with van der Waals surface area (Å²) in [5, 5.41) is 14.7. The van der Waals surface area contributed by atoms with Gasteiger partial charge >= 0.3 is 0 Å². The Morgan fingerprint density at radius 1 is 0.274 bits per heavy atom. The fourth-order valence-corrected chi connectivity index (χ4v) is 11.6. The molecule has 2 heterocycles. The summed E-state index contributed by atoms with van der Waals surface area (Å²) in [6, 6.07) is 97.3. The molecule has 15 aromatic rings. The summed E-state index contributed by atoms with van der Waals surface area (Å²) >= 11 is 0. The van der Waals surface area contributed by atoms with Crippen molar-refractivity contribution in [1.82, 2.24) is 4.57 Å². The van der Waals surface area contributed by atoms with Gasteiger partial charge in [-0.1, -0.05) is 188 Å². The Kier molecular flexibility index (Phi) is 9.26. The number of rotatable bonds is 7. The van der Waals surface area contributed by atoms with Crippen molar-refractivity contribution in [1.29, 1.82) is 0 Å². The van der Waals surface area contributed by atoms with Crippen LogP contribution in [0.15, 0.2) is 271 Å². The molecule has 0 saturated carbocycles. The molecule has 0 fully saturated rings. The summed E-state index contributed by atoms with van der Waals surface area (Å²) < 4.78 is 9.14. The molecule has 0 saturated heterocycles. The molecule has 13 aromatic carbocycles. The van der Waals surface area contributed by atoms with Gasteiger partial charge in [-0.3, -0.25) is 0 Å². The number of furan rings is 1. The highest BCUT2D eigenvalue weighted by Gasteiger charge is 2.21. The van der Waals surface area contributed by atoms with Crippen LogP contribution in [0.4, 0.5) is 17.1 Å². The van der Waals surface area contributed by atoms with Crippen LogP contribution >= 0.6 is 0 Å². The van der Waals surface area contributed by atoms with Crippen molar-refractivity contribution in [3.8, 4) is 39.1 Å². The lowest BCUT2D eigenvalue weighted by molar-refractivity contribution is 0.669. The van der Waals surface area contributed by atoms with Gasteiger partial charge in [-0.2, -0.15) is 0 Å². The first kappa shape index (κ1) is 41.1. The number of benzene rings is 13. The van der Waals surface area contributed by atoms with Crippen LogP contribution in [0.5, 0.6) is 0 Å². The van der Waals surface area contributed by atoms with Crippen LogP contribution in [-0.4, -0.2) is 4.57 Å². The second-order valence-corrected chi connectivity index (χ2v) is 19.2. The van der Waals surface area contributed by atoms with Crippen molar-refractivity contribution in [3.63, 3.8) is 0 Å². The molecule has 0 spiro atoms. The van der Waals surface area contributed by atoms with E-state index in [9.17, 15) is 0 Å². The smallest absolute Gasteiger partial charge is 0.159 e. The zero-order valence-electron chi connectivity index (χ0n) is 39.7. The maximum absolute atomic E-state index is 6.67. The van der Waals surface area contributed by atoms with Crippen molar-refractivity contribution >= 4 is 104 Å². The second-order valence-electron chi connectivity index (χ2n) is 19.2. The zero-order valence-corrected chi connectivity index (χ0v) is 39.7. The van der Waals surface area contributed by atoms with Crippen LogP contribution in [0.1, 0.15) is 0 Å². The number of hydrogen-bond donors (Lipinski definition) is 0. The molecular formula is C70H44N2O. The van der Waals surface area contributed by atoms with E-state index >= 15 is 0 Å². The van der Waals surface area contributed by atoms with Crippen molar-refractivity contribution in [3.05, 3.63) is 267 Å². The van der Waals surface area contributed by atoms with Crippen molar-refractivity contribution in [2.45, 2.75) is 0 Å². The minimum atomic E-state index is 0.859. The van der Waals surface area contributed by atoms with E-state index in [0.29, 0.717) is 0 Å². The van der Waals surface area contributed by atoms with E-state index in [2.05, 4.69) is 270 Å². The highest BCUT2D eigenvalue weighted by molar-refractivity contribution is 6.26. The number of para-hydroxylation sites is 2. The Labute approximate surface area is 421 Å². The van der Waals surface area contributed by atoms with Gasteiger partial charge in [0.05, 0.1) is 16.7 Å². The summed E-state index contributed by atoms with van der Waals surface area (Å²) in [5.41, 5.74) is 15.3. The quantitative estimate of drug-likeness (QED) is 0.149. The van der Waals surface area contributed by atoms with E-state index in [1.165, 1.54) is 87.1 Å². The molecule has 0 atom stereocenters. The number of anilines is 3. The van der Waals surface area contributed by atoms with Gasteiger partial charge in [0.25, 0.3) is 0 Å². The van der Waals surface area contributed by atoms with E-state index in [0.717, 1.165) is 55.8 Å². The first-order valence-electron chi connectivity index (χ1n) is 25.1. The van der Waals surface area contributed by atoms with Gasteiger partial charge in [-0.25, -0.2) is 0 Å². The van der Waals surface area contributed by atoms with Gasteiger partial charge in [0.15, 0.2) is 5.58 Å². The molecular weight excluding hydrogens is 885 g/mol. The number of nitrogens with zero attached hydrogens (tertiary/aromatic N) is 2. The maximum Gasteiger partial charge on any atom is 0.159 e. The van der Waals surface area contributed by atoms with E-state index in [-0.39, 0.29) is 0 Å². The number of aromatic nitrogens is 1. The molecule has 0 aliphatic heterocycles. The fraction of sp³-hybridized carbons (Fsp3) is 0. The van der Waals surface area contributed by atoms with Crippen LogP contribution < -0.4 is 4.90 Å². The highest BCUT2D eigenvalue weighted by atomic mass is 16.3. The lowest BCUT2D eigenvalue weighted by atomic mass is 9.94. The fourth-order valence-electron chi connectivity index (χ4n) is 11.6. The Balaban J connectivity index is 0.889. The third kappa shape index (κ3) is 6.67. The predicted octanol–water partition coefficient (Wildman–Crippen LogP) is 19.8. The summed E-state index contributed by atoms with van der Waals surface area (Å²) in [5.74, 6) is 0. The Hall–Kier alpha value is -9.70.